The quantitative estimate of drug-likeness (QED) is 0.0159. The molecule has 0 aromatic heterocycles. The summed E-state index contributed by atoms with van der Waals surface area (Å²) < 4.78 is 5.74. The Bertz CT molecular complexity index is 4650. The van der Waals surface area contributed by atoms with Crippen molar-refractivity contribution in [2.24, 2.45) is 58.8 Å². The lowest BCUT2D eigenvalue weighted by atomic mass is 9.96. The zero-order chi connectivity index (χ0) is 96.6. The van der Waals surface area contributed by atoms with E-state index in [9.17, 15) is 33.6 Å². The third-order valence-electron chi connectivity index (χ3n) is 28.9. The number of aliphatic hydroxyl groups excluding tert-OH is 1. The fourth-order valence-corrected chi connectivity index (χ4v) is 20.8. The van der Waals surface area contributed by atoms with Gasteiger partial charge in [0.1, 0.15) is 18.4 Å². The third kappa shape index (κ3) is 39.1. The number of aliphatic carboxylic acids is 3. The molecule has 6 bridgehead atoms. The van der Waals surface area contributed by atoms with Crippen LogP contribution in [0.3, 0.4) is 0 Å². The number of carboxylic acid groups (broad SMARTS) is 3. The maximum Gasteiger partial charge on any atom is 0.331 e. The maximum atomic E-state index is 11.8. The number of aliphatic hydroxyl groups is 1. The van der Waals surface area contributed by atoms with E-state index in [1.165, 1.54) is 118 Å². The number of ketones is 2. The summed E-state index contributed by atoms with van der Waals surface area (Å²) in [6.07, 6.45) is 12.4. The second-order valence-electron chi connectivity index (χ2n) is 38.8. The summed E-state index contributed by atoms with van der Waals surface area (Å²) in [5, 5.41) is 42.8. The molecule has 19 atom stereocenters. The first-order valence-corrected chi connectivity index (χ1v) is 49.4. The zero-order valence-electron chi connectivity index (χ0n) is 82.4. The van der Waals surface area contributed by atoms with Crippen LogP contribution in [0.5, 0.6) is 0 Å². The van der Waals surface area contributed by atoms with Crippen LogP contribution in [0.4, 0.5) is 0 Å². The van der Waals surface area contributed by atoms with Crippen LogP contribution in [0.1, 0.15) is 220 Å². The van der Waals surface area contributed by atoms with E-state index in [1.807, 2.05) is 80.6 Å². The molecule has 0 spiro atoms. The Kier molecular flexibility index (Phi) is 54.5. The highest BCUT2D eigenvalue weighted by atomic mass is 35.5. The summed E-state index contributed by atoms with van der Waals surface area (Å²) in [7, 11) is 1.46. The van der Waals surface area contributed by atoms with E-state index in [0.717, 1.165) is 120 Å². The number of halogens is 5. The minimum absolute atomic E-state index is 0. The van der Waals surface area contributed by atoms with Gasteiger partial charge in [-0.1, -0.05) is 219 Å². The number of nitrogens with two attached hydrogens (primary N) is 2. The SMILES string of the molecule is C=C(CC(=O)O)C(=O)O.COC(=O)C[C@H]1CCN([C@@H](C)c2ccccc2)C1.C[C@@H](c1ccccc1)N1CC[C@H](CC#N)C1.C[C@@H](c1ccccc1)N1CC[C@H](CCl)C1.C[C@@H](c1ccccc1)N1CC[C@H](CO)C1.C[C@@H](c1ccccc1)N1C[C@@H](C(=O)O)CC1=O.C[C@@H](c1ccccc1)[N+]12CC[C@H](CC(=O)C1)C2.C[C@H](N)c1ccccc1.Cl.Cl.Cl.NC1C[C@H]2CCN(C1)C2.O=C1C[C@H]2CCN(C1)C2.[Cl-]. The molecule has 4 unspecified atom stereocenters. The molecule has 11 aliphatic heterocycles. The third-order valence-corrected chi connectivity index (χ3v) is 29.3. The Balaban J connectivity index is 0.000000272. The number of hydrogen-bond acceptors (Lipinski definition) is 18. The number of carbonyl (C=O) groups excluding carboxylic acids is 4. The van der Waals surface area contributed by atoms with Gasteiger partial charge in [0.2, 0.25) is 5.91 Å². The van der Waals surface area contributed by atoms with E-state index >= 15 is 0 Å². The number of Topliss-reactive ketones (excluding diaryl/α,β-unsaturated/α-hetero) is 2. The van der Waals surface area contributed by atoms with Crippen LogP contribution in [0, 0.1) is 58.7 Å². The topological polar surface area (TPSA) is 308 Å². The number of carbonyl (C=O) groups is 7. The van der Waals surface area contributed by atoms with Crippen molar-refractivity contribution in [3.63, 3.8) is 0 Å². The molecule has 11 heterocycles. The molecule has 138 heavy (non-hydrogen) atoms. The molecular weight excluding hydrogens is 1840 g/mol. The van der Waals surface area contributed by atoms with Crippen LogP contribution in [0.15, 0.2) is 224 Å². The number of nitrogens with zero attached hydrogens (tertiary/aromatic N) is 9. The second kappa shape index (κ2) is 62.7. The number of piperidine rings is 3. The number of hydrogen-bond donors (Lipinski definition) is 6. The molecule has 0 aliphatic carbocycles. The molecule has 7 aromatic rings. The summed E-state index contributed by atoms with van der Waals surface area (Å²) in [6, 6.07) is 78.0. The summed E-state index contributed by atoms with van der Waals surface area (Å²) >= 11 is 5.90. The number of fused-ring (bicyclic) bond motifs is 6. The molecule has 11 saturated heterocycles. The Morgan fingerprint density at radius 2 is 0.891 bits per heavy atom. The Hall–Kier alpha value is -8.49. The number of benzene rings is 7. The number of ether oxygens (including phenoxy) is 1. The summed E-state index contributed by atoms with van der Waals surface area (Å²) in [6.45, 7) is 37.6. The molecule has 11 aliphatic rings. The lowest BCUT2D eigenvalue weighted by Gasteiger charge is -2.42. The lowest BCUT2D eigenvalue weighted by Crippen LogP contribution is -3.00. The molecule has 1 amide bonds. The molecular formula is C110H156Cl5N11O12. The van der Waals surface area contributed by atoms with Crippen molar-refractivity contribution < 1.29 is 75.6 Å². The number of carboxylic acids is 3. The monoisotopic (exact) mass is 2000 g/mol. The van der Waals surface area contributed by atoms with Gasteiger partial charge in [-0.05, 0) is 202 Å². The van der Waals surface area contributed by atoms with Gasteiger partial charge in [-0.15, -0.1) is 48.8 Å². The number of amides is 1. The van der Waals surface area contributed by atoms with Crippen molar-refractivity contribution >= 4 is 90.2 Å². The minimum Gasteiger partial charge on any atom is -1.00 e. The van der Waals surface area contributed by atoms with E-state index in [2.05, 4.69) is 222 Å². The van der Waals surface area contributed by atoms with Crippen molar-refractivity contribution in [2.45, 2.75) is 187 Å². The first-order chi connectivity index (χ1) is 64.4. The first kappa shape index (κ1) is 120. The molecule has 7 aromatic carbocycles. The van der Waals surface area contributed by atoms with Crippen LogP contribution in [-0.2, 0) is 38.3 Å². The van der Waals surface area contributed by atoms with Gasteiger partial charge < -0.3 is 63.3 Å². The first-order valence-electron chi connectivity index (χ1n) is 48.9. The van der Waals surface area contributed by atoms with Gasteiger partial charge in [0.15, 0.2) is 5.78 Å². The Morgan fingerprint density at radius 1 is 0.493 bits per heavy atom. The van der Waals surface area contributed by atoms with E-state index in [0.29, 0.717) is 109 Å². The van der Waals surface area contributed by atoms with Gasteiger partial charge in [0.25, 0.3) is 0 Å². The molecule has 0 radical (unpaired) electrons. The molecule has 8 N–H and O–H groups in total. The highest BCUT2D eigenvalue weighted by Gasteiger charge is 2.49. The maximum absolute atomic E-state index is 11.8. The highest BCUT2D eigenvalue weighted by Crippen LogP contribution is 2.41. The van der Waals surface area contributed by atoms with Crippen molar-refractivity contribution in [1.29, 1.82) is 5.26 Å². The van der Waals surface area contributed by atoms with Crippen LogP contribution < -0.4 is 23.9 Å². The molecule has 758 valence electrons. The second-order valence-corrected chi connectivity index (χ2v) is 39.1. The fourth-order valence-electron chi connectivity index (χ4n) is 20.6. The Morgan fingerprint density at radius 3 is 1.28 bits per heavy atom. The number of alkyl halides is 1. The average Bonchev–Trinajstić information content (AvgIpc) is 1.61. The molecule has 23 nitrogen and oxygen atoms in total. The van der Waals surface area contributed by atoms with Crippen molar-refractivity contribution in [2.75, 3.05) is 137 Å². The van der Waals surface area contributed by atoms with Crippen molar-refractivity contribution in [1.82, 2.24) is 34.3 Å². The average molecular weight is 2000 g/mol. The van der Waals surface area contributed by atoms with Crippen molar-refractivity contribution in [3.05, 3.63) is 263 Å². The van der Waals surface area contributed by atoms with Crippen molar-refractivity contribution in [3.8, 4) is 6.07 Å². The van der Waals surface area contributed by atoms with Crippen LogP contribution >= 0.6 is 48.8 Å². The van der Waals surface area contributed by atoms with Gasteiger partial charge in [-0.2, -0.15) is 5.26 Å². The smallest absolute Gasteiger partial charge is 0.331 e. The summed E-state index contributed by atoms with van der Waals surface area (Å²) in [4.78, 5) is 92.6. The number of esters is 1. The van der Waals surface area contributed by atoms with Gasteiger partial charge in [0.05, 0.1) is 51.2 Å². The number of nitriles is 1. The summed E-state index contributed by atoms with van der Waals surface area (Å²) in [5.74, 6) is 2.18. The van der Waals surface area contributed by atoms with Gasteiger partial charge in [0, 0.05) is 157 Å². The fraction of sp³-hybridized carbons (Fsp3) is 0.527. The summed E-state index contributed by atoms with van der Waals surface area (Å²) in [5.41, 5.74) is 20.2. The predicted octanol–water partition coefficient (Wildman–Crippen LogP) is 15.6. The van der Waals surface area contributed by atoms with Gasteiger partial charge >= 0.3 is 23.9 Å². The van der Waals surface area contributed by atoms with Crippen LogP contribution in [0.2, 0.25) is 0 Å². The number of rotatable bonds is 22. The molecule has 11 fully saturated rings. The number of methoxy groups -OCH3 is 1. The van der Waals surface area contributed by atoms with E-state index in [4.69, 9.17) is 53.5 Å². The van der Waals surface area contributed by atoms with Gasteiger partial charge in [-0.25, -0.2) is 4.79 Å². The van der Waals surface area contributed by atoms with E-state index < -0.39 is 30.2 Å². The normalized spacial score (nSPS) is 24.9. The highest BCUT2D eigenvalue weighted by molar-refractivity contribution is 6.18. The van der Waals surface area contributed by atoms with Crippen LogP contribution in [0.25, 0.3) is 0 Å². The largest absolute Gasteiger partial charge is 1.00 e. The van der Waals surface area contributed by atoms with Crippen LogP contribution in [-0.4, -0.2) is 244 Å². The minimum atomic E-state index is -1.27. The van der Waals surface area contributed by atoms with E-state index in [1.54, 1.807) is 4.90 Å². The van der Waals surface area contributed by atoms with Gasteiger partial charge in [-0.3, -0.25) is 53.3 Å². The Labute approximate surface area is 852 Å². The van der Waals surface area contributed by atoms with E-state index in [-0.39, 0.29) is 85.6 Å². The predicted molar refractivity (Wildman–Crippen MR) is 554 cm³/mol. The molecule has 0 saturated carbocycles. The zero-order valence-corrected chi connectivity index (χ0v) is 86.4. The number of quaternary nitrogens is 1. The molecule has 28 heteroatoms. The standard InChI is InChI=1S/C15H21NO2.C15H20NO.C14H18N2.C13H18ClN.C13H15NO3.C13H19NO.C8H11N.C7H14N2.C7H11NO.C5H6O4.4ClH/c1-12(14-6-4-3-5-7-14)16-9-8-13(11-16)10-15(17)18-2;1-12(14-5-3-2-4-6-14)16-8-7-13(10-16)9-15(17)11-16;1-12(14-5-3-2-4-6-14)16-10-8-13(11-16)7-9-15;1-11(13-5-3-2-4-6-13)15-8-7-12(9-14)10-15;1-9(10-5-3-2-4-6-10)14-8-11(13(16)17)7-12(14)15;1-11(13-5-3-2-4-6-13)14-8-7-12(9-14)10-15;1-7(9)8-5-3-2-4-6-8;8-7-3-6-1-2-9(4-6)5-7;9-7-3-6-1-2-8(4-6)5-7;1-3(5(8)9)2-4(6)7;;;;/h3-7,12-13H,8-11H2,1-2H3;2-6,12-13H,7-11H2,1H3;2-6,12-13H,7-8,10-11H2,1H3;2-6,11-12H,7-10H2,1H3;2-6,9,11H,7-8H2,1H3,(H,16,17);2-6,11-12,15H,7-10H2,1H3;2-7H,9H2,1H3;6-7H,1-5,8H2;6H,1-5H2;1-2H2,(H,6,7)(H,8,9);4*1H/q;+1;;;;;;;;;;;;/p-1/t12-,13+;12-,13+,16?;12-,13-;11-,12+;9-,11-;11-,12-;7-;6-,7?;6-;;;;;/m000000011...../s1. The lowest BCUT2D eigenvalue weighted by molar-refractivity contribution is -0.940. The molecule has 18 rings (SSSR count). The number of likely N-dealkylation sites (tertiary alicyclic amines) is 5.